The molecule has 0 saturated heterocycles. The van der Waals surface area contributed by atoms with E-state index in [9.17, 15) is 9.59 Å². The highest BCUT2D eigenvalue weighted by molar-refractivity contribution is 5.95. The normalized spacial score (nSPS) is 10.4. The molecule has 3 aromatic carbocycles. The van der Waals surface area contributed by atoms with Gasteiger partial charge in [-0.1, -0.05) is 42.5 Å². The van der Waals surface area contributed by atoms with Gasteiger partial charge >= 0.3 is 0 Å². The Kier molecular flexibility index (Phi) is 8.33. The molecule has 8 nitrogen and oxygen atoms in total. The average molecular weight is 498 g/mol. The Balaban J connectivity index is 1.32. The number of nitrogens with zero attached hydrogens (tertiary/aromatic N) is 1. The summed E-state index contributed by atoms with van der Waals surface area (Å²) in [7, 11) is 0. The highest BCUT2D eigenvalue weighted by Crippen LogP contribution is 2.30. The summed E-state index contributed by atoms with van der Waals surface area (Å²) in [6, 6.07) is 24.8. The lowest BCUT2D eigenvalue weighted by Crippen LogP contribution is -2.23. The highest BCUT2D eigenvalue weighted by atomic mass is 16.5. The van der Waals surface area contributed by atoms with Crippen molar-refractivity contribution in [3.63, 3.8) is 0 Å². The van der Waals surface area contributed by atoms with Crippen LogP contribution in [0.1, 0.15) is 38.8 Å². The van der Waals surface area contributed by atoms with Gasteiger partial charge in [-0.15, -0.1) is 0 Å². The Morgan fingerprint density at radius 3 is 2.32 bits per heavy atom. The van der Waals surface area contributed by atoms with Crippen LogP contribution in [-0.2, 0) is 13.2 Å². The molecule has 0 radical (unpaired) electrons. The molecule has 0 bridgehead atoms. The molecule has 0 spiro atoms. The topological polar surface area (TPSA) is 113 Å². The maximum Gasteiger partial charge on any atom is 0.252 e. The van der Waals surface area contributed by atoms with E-state index in [0.717, 1.165) is 11.1 Å². The molecular formula is C29H27N3O5. The number of nitrogens with one attached hydrogen (secondary N) is 1. The minimum Gasteiger partial charge on any atom is -0.490 e. The largest absolute Gasteiger partial charge is 0.490 e. The third kappa shape index (κ3) is 6.85. The fourth-order valence-electron chi connectivity index (χ4n) is 3.54. The van der Waals surface area contributed by atoms with Crippen molar-refractivity contribution in [2.75, 3.05) is 6.61 Å². The van der Waals surface area contributed by atoms with Gasteiger partial charge in [-0.25, -0.2) is 4.98 Å². The van der Waals surface area contributed by atoms with Gasteiger partial charge in [0.15, 0.2) is 11.5 Å². The van der Waals surface area contributed by atoms with E-state index in [1.807, 2.05) is 43.3 Å². The Morgan fingerprint density at radius 1 is 0.838 bits per heavy atom. The summed E-state index contributed by atoms with van der Waals surface area (Å²) < 4.78 is 17.2. The van der Waals surface area contributed by atoms with Gasteiger partial charge in [0.25, 0.3) is 11.8 Å². The molecular weight excluding hydrogens is 470 g/mol. The van der Waals surface area contributed by atoms with Crippen molar-refractivity contribution in [3.05, 3.63) is 113 Å². The van der Waals surface area contributed by atoms with Crippen LogP contribution in [-0.4, -0.2) is 23.4 Å². The molecule has 1 heterocycles. The van der Waals surface area contributed by atoms with Crippen molar-refractivity contribution < 1.29 is 23.8 Å². The van der Waals surface area contributed by atoms with Gasteiger partial charge in [0, 0.05) is 24.4 Å². The number of benzene rings is 3. The lowest BCUT2D eigenvalue weighted by atomic mass is 10.1. The van der Waals surface area contributed by atoms with E-state index in [4.69, 9.17) is 19.9 Å². The summed E-state index contributed by atoms with van der Waals surface area (Å²) in [6.45, 7) is 2.93. The molecule has 8 heteroatoms. The van der Waals surface area contributed by atoms with Gasteiger partial charge in [0.2, 0.25) is 5.88 Å². The van der Waals surface area contributed by atoms with Crippen LogP contribution >= 0.6 is 0 Å². The third-order valence-electron chi connectivity index (χ3n) is 5.35. The smallest absolute Gasteiger partial charge is 0.252 e. The third-order valence-corrected chi connectivity index (χ3v) is 5.35. The monoisotopic (exact) mass is 497 g/mol. The number of para-hydroxylation sites is 3. The molecule has 0 saturated carbocycles. The molecule has 0 aliphatic rings. The Bertz CT molecular complexity index is 1370. The molecule has 1 aromatic heterocycles. The van der Waals surface area contributed by atoms with E-state index in [1.54, 1.807) is 54.7 Å². The molecule has 188 valence electrons. The number of amides is 2. The van der Waals surface area contributed by atoms with Crippen LogP contribution in [0.3, 0.4) is 0 Å². The molecule has 0 aliphatic carbocycles. The molecule has 0 unspecified atom stereocenters. The lowest BCUT2D eigenvalue weighted by molar-refractivity contribution is 0.0949. The second kappa shape index (κ2) is 12.2. The summed E-state index contributed by atoms with van der Waals surface area (Å²) in [5.41, 5.74) is 7.80. The van der Waals surface area contributed by atoms with E-state index >= 15 is 0 Å². The van der Waals surface area contributed by atoms with E-state index < -0.39 is 5.91 Å². The zero-order valence-corrected chi connectivity index (χ0v) is 20.3. The number of carbonyl (C=O) groups excluding carboxylic acids is 2. The second-order valence-electron chi connectivity index (χ2n) is 8.02. The van der Waals surface area contributed by atoms with E-state index in [1.165, 1.54) is 0 Å². The molecule has 3 N–H and O–H groups in total. The molecule has 4 rings (SSSR count). The number of nitrogens with two attached hydrogens (primary N) is 1. The Hall–Kier alpha value is -4.85. The van der Waals surface area contributed by atoms with Crippen LogP contribution in [0.2, 0.25) is 0 Å². The zero-order valence-electron chi connectivity index (χ0n) is 20.3. The van der Waals surface area contributed by atoms with E-state index in [0.29, 0.717) is 47.4 Å². The quantitative estimate of drug-likeness (QED) is 0.305. The van der Waals surface area contributed by atoms with Crippen LogP contribution in [0, 0.1) is 0 Å². The summed E-state index contributed by atoms with van der Waals surface area (Å²) in [6.07, 6.45) is 1.65. The highest BCUT2D eigenvalue weighted by Gasteiger charge is 2.11. The number of primary amides is 1. The average Bonchev–Trinajstić information content (AvgIpc) is 2.93. The van der Waals surface area contributed by atoms with Crippen molar-refractivity contribution in [2.24, 2.45) is 5.73 Å². The lowest BCUT2D eigenvalue weighted by Gasteiger charge is -2.11. The second-order valence-corrected chi connectivity index (χ2v) is 8.02. The van der Waals surface area contributed by atoms with Gasteiger partial charge in [-0.05, 0) is 54.4 Å². The summed E-state index contributed by atoms with van der Waals surface area (Å²) in [4.78, 5) is 28.6. The molecule has 4 aromatic rings. The van der Waals surface area contributed by atoms with Gasteiger partial charge in [0.1, 0.15) is 12.4 Å². The summed E-state index contributed by atoms with van der Waals surface area (Å²) in [5, 5.41) is 2.89. The molecule has 2 amide bonds. The molecule has 0 fully saturated rings. The Morgan fingerprint density at radius 2 is 1.59 bits per heavy atom. The van der Waals surface area contributed by atoms with Crippen molar-refractivity contribution in [1.29, 1.82) is 0 Å². The number of hydrogen-bond acceptors (Lipinski definition) is 6. The van der Waals surface area contributed by atoms with Crippen LogP contribution < -0.4 is 25.3 Å². The van der Waals surface area contributed by atoms with Gasteiger partial charge < -0.3 is 25.3 Å². The first kappa shape index (κ1) is 25.2. The maximum atomic E-state index is 12.7. The maximum absolute atomic E-state index is 12.7. The predicted octanol–water partition coefficient (Wildman–Crippen LogP) is 4.88. The fourth-order valence-corrected chi connectivity index (χ4v) is 3.54. The Labute approximate surface area is 215 Å². The number of pyridine rings is 1. The van der Waals surface area contributed by atoms with Crippen LogP contribution in [0.4, 0.5) is 0 Å². The first-order valence-corrected chi connectivity index (χ1v) is 11.8. The van der Waals surface area contributed by atoms with Crippen molar-refractivity contribution in [3.8, 4) is 23.1 Å². The minimum absolute atomic E-state index is 0.184. The first-order chi connectivity index (χ1) is 18.0. The SMILES string of the molecule is CCOc1ccccc1Oc1ccc(CNC(=O)c2cccc(COc3ccccc3C(N)=O)c2)cn1. The van der Waals surface area contributed by atoms with Crippen LogP contribution in [0.25, 0.3) is 0 Å². The zero-order chi connectivity index (χ0) is 26.0. The molecule has 37 heavy (non-hydrogen) atoms. The number of hydrogen-bond donors (Lipinski definition) is 2. The standard InChI is InChI=1S/C29H27N3O5/c1-2-35-25-12-5-6-13-26(25)37-27-15-14-21(17-31-27)18-32-29(34)22-9-7-8-20(16-22)19-36-24-11-4-3-10-23(24)28(30)33/h3-17H,2,18-19H2,1H3,(H2,30,33)(H,32,34). The van der Waals surface area contributed by atoms with Crippen LogP contribution in [0.5, 0.6) is 23.1 Å². The van der Waals surface area contributed by atoms with Gasteiger partial charge in [-0.3, -0.25) is 9.59 Å². The summed E-state index contributed by atoms with van der Waals surface area (Å²) in [5.74, 6) is 1.25. The minimum atomic E-state index is -0.562. The number of aromatic nitrogens is 1. The molecule has 0 aliphatic heterocycles. The van der Waals surface area contributed by atoms with Crippen LogP contribution in [0.15, 0.2) is 91.1 Å². The van der Waals surface area contributed by atoms with Crippen molar-refractivity contribution in [2.45, 2.75) is 20.1 Å². The number of ether oxygens (including phenoxy) is 3. The fraction of sp³-hybridized carbons (Fsp3) is 0.138. The number of carbonyl (C=O) groups is 2. The van der Waals surface area contributed by atoms with E-state index in [2.05, 4.69) is 10.3 Å². The van der Waals surface area contributed by atoms with E-state index in [-0.39, 0.29) is 12.5 Å². The predicted molar refractivity (Wildman–Crippen MR) is 139 cm³/mol. The molecule has 0 atom stereocenters. The van der Waals surface area contributed by atoms with Crippen molar-refractivity contribution in [1.82, 2.24) is 10.3 Å². The number of rotatable bonds is 11. The summed E-state index contributed by atoms with van der Waals surface area (Å²) >= 11 is 0. The first-order valence-electron chi connectivity index (χ1n) is 11.8. The van der Waals surface area contributed by atoms with Gasteiger partial charge in [0.05, 0.1) is 12.2 Å². The van der Waals surface area contributed by atoms with Gasteiger partial charge in [-0.2, -0.15) is 0 Å². The van der Waals surface area contributed by atoms with Crippen molar-refractivity contribution >= 4 is 11.8 Å².